The molecule has 0 saturated heterocycles. The predicted octanol–water partition coefficient (Wildman–Crippen LogP) is 6.80. The van der Waals surface area contributed by atoms with E-state index in [1.807, 2.05) is 91.9 Å². The Bertz CT molecular complexity index is 1400. The zero-order chi connectivity index (χ0) is 26.6. The second-order valence-corrected chi connectivity index (χ2v) is 8.50. The highest BCUT2D eigenvalue weighted by Gasteiger charge is 2.12. The van der Waals surface area contributed by atoms with Crippen LogP contribution in [-0.2, 0) is 19.8 Å². The topological polar surface area (TPSA) is 81.8 Å². The number of carbonyl (C=O) groups excluding carboxylic acids is 1. The fourth-order valence-electron chi connectivity index (χ4n) is 3.62. The van der Waals surface area contributed by atoms with Gasteiger partial charge in [-0.1, -0.05) is 65.8 Å². The van der Waals surface area contributed by atoms with E-state index in [2.05, 4.69) is 5.16 Å². The summed E-state index contributed by atoms with van der Waals surface area (Å²) in [4.78, 5) is 10.5. The molecule has 0 amide bonds. The predicted molar refractivity (Wildman–Crippen MR) is 146 cm³/mol. The molecule has 5 rings (SSSR count). The SMILES string of the molecule is Cc1c(-c2ccc(OCc3ccccc3)cc2)noc1CO.O=Cc1ccc(OCc2ccccc2)cc1. The molecular weight excluding hydrogens is 478 g/mol. The summed E-state index contributed by atoms with van der Waals surface area (Å²) in [6.07, 6.45) is 0.820. The Balaban J connectivity index is 0.000000186. The number of carbonyl (C=O) groups is 1. The maximum Gasteiger partial charge on any atom is 0.165 e. The van der Waals surface area contributed by atoms with Crippen LogP contribution in [0.25, 0.3) is 11.3 Å². The number of rotatable bonds is 9. The number of ether oxygens (including phenoxy) is 2. The third-order valence-corrected chi connectivity index (χ3v) is 5.80. The van der Waals surface area contributed by atoms with Gasteiger partial charge in [0.05, 0.1) is 0 Å². The highest BCUT2D eigenvalue weighted by atomic mass is 16.5. The van der Waals surface area contributed by atoms with E-state index in [1.165, 1.54) is 0 Å². The molecule has 0 saturated carbocycles. The van der Waals surface area contributed by atoms with Crippen molar-refractivity contribution in [3.8, 4) is 22.8 Å². The average Bonchev–Trinajstić information content (AvgIpc) is 3.37. The van der Waals surface area contributed by atoms with Crippen LogP contribution in [0.4, 0.5) is 0 Å². The van der Waals surface area contributed by atoms with Gasteiger partial charge in [-0.3, -0.25) is 4.79 Å². The van der Waals surface area contributed by atoms with Crippen LogP contribution in [-0.4, -0.2) is 16.5 Å². The smallest absolute Gasteiger partial charge is 0.165 e. The van der Waals surface area contributed by atoms with E-state index in [4.69, 9.17) is 19.1 Å². The van der Waals surface area contributed by atoms with Gasteiger partial charge in [-0.2, -0.15) is 0 Å². The molecule has 0 radical (unpaired) electrons. The van der Waals surface area contributed by atoms with E-state index in [1.54, 1.807) is 24.3 Å². The molecule has 1 heterocycles. The summed E-state index contributed by atoms with van der Waals surface area (Å²) < 4.78 is 16.4. The van der Waals surface area contributed by atoms with Crippen LogP contribution in [0.2, 0.25) is 0 Å². The monoisotopic (exact) mass is 507 g/mol. The zero-order valence-electron chi connectivity index (χ0n) is 21.1. The van der Waals surface area contributed by atoms with E-state index >= 15 is 0 Å². The quantitative estimate of drug-likeness (QED) is 0.221. The number of aromatic nitrogens is 1. The molecule has 1 aromatic heterocycles. The molecule has 192 valence electrons. The summed E-state index contributed by atoms with van der Waals surface area (Å²) in [5.41, 5.74) is 5.47. The maximum absolute atomic E-state index is 10.5. The molecule has 38 heavy (non-hydrogen) atoms. The number of hydrogen-bond donors (Lipinski definition) is 1. The van der Waals surface area contributed by atoms with E-state index in [0.29, 0.717) is 24.5 Å². The van der Waals surface area contributed by atoms with Crippen molar-refractivity contribution in [3.63, 3.8) is 0 Å². The number of aldehydes is 1. The van der Waals surface area contributed by atoms with Crippen molar-refractivity contribution >= 4 is 6.29 Å². The number of aliphatic hydroxyl groups excluding tert-OH is 1. The summed E-state index contributed by atoms with van der Waals surface area (Å²) >= 11 is 0. The Morgan fingerprint density at radius 3 is 1.68 bits per heavy atom. The minimum absolute atomic E-state index is 0.142. The fraction of sp³-hybridized carbons (Fsp3) is 0.125. The molecule has 4 aromatic carbocycles. The van der Waals surface area contributed by atoms with Crippen LogP contribution in [0.1, 0.15) is 32.8 Å². The van der Waals surface area contributed by atoms with Crippen LogP contribution >= 0.6 is 0 Å². The van der Waals surface area contributed by atoms with Crippen molar-refractivity contribution in [1.29, 1.82) is 0 Å². The van der Waals surface area contributed by atoms with Crippen molar-refractivity contribution in [1.82, 2.24) is 5.16 Å². The van der Waals surface area contributed by atoms with E-state index < -0.39 is 0 Å². The van der Waals surface area contributed by atoms with Crippen molar-refractivity contribution in [2.24, 2.45) is 0 Å². The first-order chi connectivity index (χ1) is 18.7. The first-order valence-corrected chi connectivity index (χ1v) is 12.2. The highest BCUT2D eigenvalue weighted by Crippen LogP contribution is 2.26. The van der Waals surface area contributed by atoms with Crippen molar-refractivity contribution in [3.05, 3.63) is 137 Å². The number of benzene rings is 4. The van der Waals surface area contributed by atoms with E-state index in [0.717, 1.165) is 45.7 Å². The normalized spacial score (nSPS) is 10.3. The van der Waals surface area contributed by atoms with Crippen molar-refractivity contribution < 1.29 is 23.9 Å². The standard InChI is InChI=1S/C18H17NO3.C14H12O2/c1-13-17(11-20)22-19-18(13)15-7-9-16(10-8-15)21-12-14-5-3-2-4-6-14;15-10-12-6-8-14(9-7-12)16-11-13-4-2-1-3-5-13/h2-10,20H,11-12H2,1H3;1-10H,11H2. The molecule has 0 aliphatic carbocycles. The van der Waals surface area contributed by atoms with Gasteiger partial charge >= 0.3 is 0 Å². The van der Waals surface area contributed by atoms with Crippen LogP contribution in [0, 0.1) is 6.92 Å². The molecule has 6 heteroatoms. The summed E-state index contributed by atoms with van der Waals surface area (Å²) in [5.74, 6) is 2.07. The Morgan fingerprint density at radius 1 is 0.737 bits per heavy atom. The number of nitrogens with zero attached hydrogens (tertiary/aromatic N) is 1. The molecular formula is C32H29NO5. The first-order valence-electron chi connectivity index (χ1n) is 12.2. The van der Waals surface area contributed by atoms with Gasteiger partial charge < -0.3 is 19.1 Å². The largest absolute Gasteiger partial charge is 0.489 e. The lowest BCUT2D eigenvalue weighted by Crippen LogP contribution is -1.94. The fourth-order valence-corrected chi connectivity index (χ4v) is 3.62. The molecule has 6 nitrogen and oxygen atoms in total. The second-order valence-electron chi connectivity index (χ2n) is 8.50. The Morgan fingerprint density at radius 2 is 1.24 bits per heavy atom. The molecule has 1 N–H and O–H groups in total. The molecule has 0 aliphatic rings. The minimum atomic E-state index is -0.142. The van der Waals surface area contributed by atoms with Gasteiger partial charge in [0.25, 0.3) is 0 Å². The van der Waals surface area contributed by atoms with Crippen molar-refractivity contribution in [2.45, 2.75) is 26.7 Å². The first kappa shape index (κ1) is 26.4. The molecule has 0 aliphatic heterocycles. The lowest BCUT2D eigenvalue weighted by atomic mass is 10.1. The Kier molecular flexibility index (Phi) is 9.43. The zero-order valence-corrected chi connectivity index (χ0v) is 21.1. The Labute approximate surface area is 222 Å². The van der Waals surface area contributed by atoms with Gasteiger partial charge in [-0.05, 0) is 66.6 Å². The summed E-state index contributed by atoms with van der Waals surface area (Å²) in [5, 5.41) is 13.2. The minimum Gasteiger partial charge on any atom is -0.489 e. The highest BCUT2D eigenvalue weighted by molar-refractivity contribution is 5.74. The number of hydrogen-bond acceptors (Lipinski definition) is 6. The summed E-state index contributed by atoms with van der Waals surface area (Å²) in [7, 11) is 0. The molecule has 0 atom stereocenters. The van der Waals surface area contributed by atoms with Gasteiger partial charge in [0.15, 0.2) is 5.76 Å². The summed E-state index contributed by atoms with van der Waals surface area (Å²) in [6.45, 7) is 2.83. The van der Waals surface area contributed by atoms with E-state index in [-0.39, 0.29) is 6.61 Å². The lowest BCUT2D eigenvalue weighted by molar-refractivity contribution is 0.112. The van der Waals surface area contributed by atoms with Crippen LogP contribution < -0.4 is 9.47 Å². The Hall–Kier alpha value is -4.68. The van der Waals surface area contributed by atoms with Crippen LogP contribution in [0.15, 0.2) is 114 Å². The van der Waals surface area contributed by atoms with Crippen molar-refractivity contribution in [2.75, 3.05) is 0 Å². The maximum atomic E-state index is 10.5. The molecule has 5 aromatic rings. The molecule has 0 spiro atoms. The third-order valence-electron chi connectivity index (χ3n) is 5.80. The average molecular weight is 508 g/mol. The lowest BCUT2D eigenvalue weighted by Gasteiger charge is -2.07. The van der Waals surface area contributed by atoms with E-state index in [9.17, 15) is 4.79 Å². The third kappa shape index (κ3) is 7.41. The molecule has 0 bridgehead atoms. The summed E-state index contributed by atoms with van der Waals surface area (Å²) in [6, 6.07) is 34.8. The second kappa shape index (κ2) is 13.6. The van der Waals surface area contributed by atoms with Gasteiger partial charge in [0.2, 0.25) is 0 Å². The van der Waals surface area contributed by atoms with Gasteiger partial charge in [-0.15, -0.1) is 0 Å². The molecule has 0 unspecified atom stereocenters. The van der Waals surface area contributed by atoms with Gasteiger partial charge in [-0.25, -0.2) is 0 Å². The van der Waals surface area contributed by atoms with Crippen LogP contribution in [0.5, 0.6) is 11.5 Å². The van der Waals surface area contributed by atoms with Gasteiger partial charge in [0, 0.05) is 16.7 Å². The van der Waals surface area contributed by atoms with Crippen LogP contribution in [0.3, 0.4) is 0 Å². The number of aliphatic hydroxyl groups is 1. The molecule has 0 fully saturated rings. The van der Waals surface area contributed by atoms with Gasteiger partial charge in [0.1, 0.15) is 43.3 Å².